The number of nitrogens with zero attached hydrogens (tertiary/aromatic N) is 1. The van der Waals surface area contributed by atoms with Crippen molar-refractivity contribution in [2.45, 2.75) is 0 Å². The summed E-state index contributed by atoms with van der Waals surface area (Å²) in [6, 6.07) is 71.5. The van der Waals surface area contributed by atoms with E-state index in [2.05, 4.69) is 187 Å². The fourth-order valence-corrected chi connectivity index (χ4v) is 9.79. The molecule has 0 saturated carbocycles. The minimum absolute atomic E-state index is 0.822. The van der Waals surface area contributed by atoms with Crippen LogP contribution in [0.3, 0.4) is 0 Å². The van der Waals surface area contributed by atoms with Gasteiger partial charge in [0.2, 0.25) is 0 Å². The Morgan fingerprint density at radius 3 is 1.66 bits per heavy atom. The van der Waals surface area contributed by atoms with Gasteiger partial charge in [0.25, 0.3) is 0 Å². The summed E-state index contributed by atoms with van der Waals surface area (Å²) < 4.78 is 15.6. The van der Waals surface area contributed by atoms with Crippen LogP contribution in [0.4, 0.5) is 17.1 Å². The van der Waals surface area contributed by atoms with Gasteiger partial charge in [-0.1, -0.05) is 121 Å². The number of para-hydroxylation sites is 1. The Balaban J connectivity index is 0.957. The zero-order valence-electron chi connectivity index (χ0n) is 31.2. The van der Waals surface area contributed by atoms with E-state index in [1.165, 1.54) is 42.4 Å². The molecule has 0 aliphatic heterocycles. The first-order chi connectivity index (χ1) is 28.7. The first-order valence-electron chi connectivity index (χ1n) is 19.6. The number of furan rings is 2. The molecule has 0 bridgehead atoms. The van der Waals surface area contributed by atoms with Crippen molar-refractivity contribution in [3.8, 4) is 33.4 Å². The maximum absolute atomic E-state index is 6.51. The fraction of sp³-hybridized carbons (Fsp3) is 0. The second-order valence-electron chi connectivity index (χ2n) is 14.8. The molecule has 272 valence electrons. The third-order valence-electron chi connectivity index (χ3n) is 11.5. The molecule has 0 unspecified atom stereocenters. The van der Waals surface area contributed by atoms with Crippen molar-refractivity contribution in [3.63, 3.8) is 0 Å². The number of anilines is 3. The predicted octanol–water partition coefficient (Wildman–Crippen LogP) is 16.3. The normalized spacial score (nSPS) is 11.8. The van der Waals surface area contributed by atoms with E-state index < -0.39 is 0 Å². The molecule has 0 aliphatic carbocycles. The van der Waals surface area contributed by atoms with E-state index in [0.29, 0.717) is 0 Å². The molecule has 4 heteroatoms. The van der Waals surface area contributed by atoms with Gasteiger partial charge in [0.05, 0.1) is 5.39 Å². The lowest BCUT2D eigenvalue weighted by Gasteiger charge is -2.26. The maximum atomic E-state index is 6.51. The number of benzene rings is 9. The van der Waals surface area contributed by atoms with Crippen molar-refractivity contribution in [1.29, 1.82) is 0 Å². The van der Waals surface area contributed by atoms with Gasteiger partial charge in [0.1, 0.15) is 22.3 Å². The molecule has 0 fully saturated rings. The molecule has 0 radical (unpaired) electrons. The van der Waals surface area contributed by atoms with Crippen LogP contribution in [0.15, 0.2) is 209 Å². The van der Waals surface area contributed by atoms with Crippen LogP contribution < -0.4 is 4.90 Å². The summed E-state index contributed by atoms with van der Waals surface area (Å²) >= 11 is 1.85. The van der Waals surface area contributed by atoms with Crippen LogP contribution >= 0.6 is 11.3 Å². The van der Waals surface area contributed by atoms with Gasteiger partial charge in [0, 0.05) is 53.4 Å². The maximum Gasteiger partial charge on any atom is 0.147 e. The lowest BCUT2D eigenvalue weighted by molar-refractivity contribution is 0.663. The predicted molar refractivity (Wildman–Crippen MR) is 245 cm³/mol. The highest BCUT2D eigenvalue weighted by molar-refractivity contribution is 7.25. The number of thiophene rings is 1. The summed E-state index contributed by atoms with van der Waals surface area (Å²) in [6.07, 6.45) is 0. The van der Waals surface area contributed by atoms with Gasteiger partial charge in [0.15, 0.2) is 0 Å². The monoisotopic (exact) mass is 759 g/mol. The van der Waals surface area contributed by atoms with Gasteiger partial charge in [-0.25, -0.2) is 0 Å². The number of hydrogen-bond donors (Lipinski definition) is 0. The SMILES string of the molecule is c1ccc(-c2ccc(N(c3ccc(-c4ccc5sc6ccccc6c5c4)cc3)c3ccc(-c4cccc5oc6ccc7c8ccccc8oc7c6c45)cc3)cc2)cc1. The minimum Gasteiger partial charge on any atom is -0.456 e. The summed E-state index contributed by atoms with van der Waals surface area (Å²) in [5, 5.41) is 6.90. The number of rotatable bonds is 6. The van der Waals surface area contributed by atoms with E-state index in [1.54, 1.807) is 0 Å². The number of hydrogen-bond acceptors (Lipinski definition) is 4. The van der Waals surface area contributed by atoms with E-state index in [0.717, 1.165) is 72.1 Å². The Morgan fingerprint density at radius 2 is 0.897 bits per heavy atom. The van der Waals surface area contributed by atoms with Gasteiger partial charge in [-0.3, -0.25) is 0 Å². The molecule has 3 heterocycles. The van der Waals surface area contributed by atoms with Gasteiger partial charge in [-0.2, -0.15) is 0 Å². The highest BCUT2D eigenvalue weighted by atomic mass is 32.1. The van der Waals surface area contributed by atoms with E-state index in [1.807, 2.05) is 29.5 Å². The summed E-state index contributed by atoms with van der Waals surface area (Å²) in [6.45, 7) is 0. The van der Waals surface area contributed by atoms with Gasteiger partial charge < -0.3 is 13.7 Å². The van der Waals surface area contributed by atoms with E-state index in [9.17, 15) is 0 Å². The summed E-state index contributed by atoms with van der Waals surface area (Å²) in [5.41, 5.74) is 13.6. The van der Waals surface area contributed by atoms with Crippen molar-refractivity contribution in [2.75, 3.05) is 4.90 Å². The zero-order chi connectivity index (χ0) is 38.2. The van der Waals surface area contributed by atoms with E-state index >= 15 is 0 Å². The molecular weight excluding hydrogens is 727 g/mol. The second kappa shape index (κ2) is 13.1. The molecule has 0 aliphatic rings. The molecule has 12 rings (SSSR count). The Hall–Kier alpha value is -7.40. The number of fused-ring (bicyclic) bond motifs is 10. The van der Waals surface area contributed by atoms with Crippen LogP contribution in [-0.2, 0) is 0 Å². The second-order valence-corrected chi connectivity index (χ2v) is 15.9. The van der Waals surface area contributed by atoms with Crippen molar-refractivity contribution < 1.29 is 8.83 Å². The van der Waals surface area contributed by atoms with Crippen molar-refractivity contribution in [2.24, 2.45) is 0 Å². The summed E-state index contributed by atoms with van der Waals surface area (Å²) in [4.78, 5) is 2.34. The van der Waals surface area contributed by atoms with Gasteiger partial charge in [-0.05, 0) is 112 Å². The highest BCUT2D eigenvalue weighted by Gasteiger charge is 2.20. The van der Waals surface area contributed by atoms with Crippen LogP contribution in [0.1, 0.15) is 0 Å². The molecule has 0 amide bonds. The fourth-order valence-electron chi connectivity index (χ4n) is 8.71. The molecule has 0 spiro atoms. The van der Waals surface area contributed by atoms with Gasteiger partial charge >= 0.3 is 0 Å². The molecule has 12 aromatic rings. The van der Waals surface area contributed by atoms with Crippen LogP contribution in [0.5, 0.6) is 0 Å². The zero-order valence-corrected chi connectivity index (χ0v) is 32.0. The molecule has 3 nitrogen and oxygen atoms in total. The highest BCUT2D eigenvalue weighted by Crippen LogP contribution is 2.44. The van der Waals surface area contributed by atoms with Crippen LogP contribution in [0.2, 0.25) is 0 Å². The van der Waals surface area contributed by atoms with Crippen LogP contribution in [-0.4, -0.2) is 0 Å². The lowest BCUT2D eigenvalue weighted by Crippen LogP contribution is -2.09. The molecule has 0 N–H and O–H groups in total. The molecule has 0 atom stereocenters. The van der Waals surface area contributed by atoms with E-state index in [4.69, 9.17) is 8.83 Å². The molecular formula is C54H33NO2S. The minimum atomic E-state index is 0.822. The smallest absolute Gasteiger partial charge is 0.147 e. The van der Waals surface area contributed by atoms with Crippen molar-refractivity contribution >= 4 is 92.4 Å². The van der Waals surface area contributed by atoms with Crippen molar-refractivity contribution in [1.82, 2.24) is 0 Å². The first kappa shape index (κ1) is 32.8. The van der Waals surface area contributed by atoms with Crippen LogP contribution in [0.25, 0.3) is 97.4 Å². The molecule has 0 saturated heterocycles. The third-order valence-corrected chi connectivity index (χ3v) is 12.7. The Kier molecular flexibility index (Phi) is 7.40. The molecule has 9 aromatic carbocycles. The third kappa shape index (κ3) is 5.27. The Labute approximate surface area is 338 Å². The standard InChI is InChI=1S/C54H33NO2S/c1-2-9-34(10-3-1)35-17-24-39(25-18-35)55(40-26-19-36(20-27-40)38-23-32-51-46(33-38)44-12-5-7-16-50(44)58-51)41-28-21-37(22-29-41)42-13-8-15-48-52(42)53-49(56-48)31-30-45-43-11-4-6-14-47(43)57-54(45)53/h1-33H. The van der Waals surface area contributed by atoms with E-state index in [-0.39, 0.29) is 0 Å². The lowest BCUT2D eigenvalue weighted by atomic mass is 9.98. The average molecular weight is 760 g/mol. The Bertz CT molecular complexity index is 3480. The first-order valence-corrected chi connectivity index (χ1v) is 20.4. The topological polar surface area (TPSA) is 29.5 Å². The summed E-state index contributed by atoms with van der Waals surface area (Å²) in [5.74, 6) is 0. The Morgan fingerprint density at radius 1 is 0.328 bits per heavy atom. The average Bonchev–Trinajstić information content (AvgIpc) is 3.99. The summed E-state index contributed by atoms with van der Waals surface area (Å²) in [7, 11) is 0. The molecule has 58 heavy (non-hydrogen) atoms. The quantitative estimate of drug-likeness (QED) is 0.169. The molecule has 3 aromatic heterocycles. The largest absolute Gasteiger partial charge is 0.456 e. The van der Waals surface area contributed by atoms with Crippen molar-refractivity contribution in [3.05, 3.63) is 200 Å². The van der Waals surface area contributed by atoms with Gasteiger partial charge in [-0.15, -0.1) is 11.3 Å². The van der Waals surface area contributed by atoms with Crippen LogP contribution in [0, 0.1) is 0 Å².